The van der Waals surface area contributed by atoms with Crippen molar-refractivity contribution in [2.24, 2.45) is 0 Å². The Morgan fingerprint density at radius 2 is 1.86 bits per heavy atom. The fourth-order valence-electron chi connectivity index (χ4n) is 0.669. The second-order valence-electron chi connectivity index (χ2n) is 4.06. The number of hydrogen-bond acceptors (Lipinski definition) is 4. The van der Waals surface area contributed by atoms with E-state index in [-0.39, 0.29) is 18.7 Å². The lowest BCUT2D eigenvalue weighted by molar-refractivity contribution is -0.122. The van der Waals surface area contributed by atoms with Crippen LogP contribution in [-0.4, -0.2) is 34.3 Å². The first kappa shape index (κ1) is 12.9. The largest absolute Gasteiger partial charge is 0.442 e. The van der Waals surface area contributed by atoms with Crippen molar-refractivity contribution in [2.45, 2.75) is 39.7 Å². The van der Waals surface area contributed by atoms with Crippen LogP contribution in [0.5, 0.6) is 0 Å². The molecule has 0 aliphatic carbocycles. The van der Waals surface area contributed by atoms with Gasteiger partial charge in [-0.05, 0) is 27.7 Å². The van der Waals surface area contributed by atoms with Gasteiger partial charge in [-0.1, -0.05) is 0 Å². The third kappa shape index (κ3) is 6.42. The zero-order valence-electron chi connectivity index (χ0n) is 9.03. The van der Waals surface area contributed by atoms with Gasteiger partial charge in [0.05, 0.1) is 6.54 Å². The lowest BCUT2D eigenvalue weighted by Crippen LogP contribution is -2.35. The van der Waals surface area contributed by atoms with E-state index in [9.17, 15) is 9.59 Å². The molecule has 0 saturated heterocycles. The predicted molar refractivity (Wildman–Crippen MR) is 50.0 cm³/mol. The smallest absolute Gasteiger partial charge is 0.434 e. The molecule has 5 nitrogen and oxygen atoms in total. The van der Waals surface area contributed by atoms with Gasteiger partial charge in [0.2, 0.25) is 0 Å². The van der Waals surface area contributed by atoms with E-state index in [1.807, 2.05) is 0 Å². The molecular formula is C9H17NO4. The Morgan fingerprint density at radius 1 is 1.36 bits per heavy atom. The lowest BCUT2D eigenvalue weighted by atomic mass is 10.2. The summed E-state index contributed by atoms with van der Waals surface area (Å²) < 4.78 is 4.86. The molecule has 82 valence electrons. The molecule has 5 heteroatoms. The molecule has 14 heavy (non-hydrogen) atoms. The highest BCUT2D eigenvalue weighted by Gasteiger charge is 2.20. The normalized spacial score (nSPS) is 10.9. The highest BCUT2D eigenvalue weighted by atomic mass is 16.6. The maximum absolute atomic E-state index is 11.1. The van der Waals surface area contributed by atoms with Gasteiger partial charge in [0, 0.05) is 6.42 Å². The van der Waals surface area contributed by atoms with Crippen LogP contribution in [0.2, 0.25) is 0 Å². The highest BCUT2D eigenvalue weighted by molar-refractivity contribution is 5.76. The standard InChI is InChI=1S/C9H17NO4/c1-7(11)5-6-10(13)8(12)14-9(2,3)4/h13H,5-6H2,1-4H3. The van der Waals surface area contributed by atoms with E-state index in [0.29, 0.717) is 5.06 Å². The third-order valence-corrected chi connectivity index (χ3v) is 1.28. The number of rotatable bonds is 3. The van der Waals surface area contributed by atoms with Gasteiger partial charge in [0.15, 0.2) is 0 Å². The van der Waals surface area contributed by atoms with E-state index >= 15 is 0 Å². The van der Waals surface area contributed by atoms with Crippen LogP contribution in [0.3, 0.4) is 0 Å². The van der Waals surface area contributed by atoms with Crippen LogP contribution < -0.4 is 0 Å². The summed E-state index contributed by atoms with van der Waals surface area (Å²) in [7, 11) is 0. The van der Waals surface area contributed by atoms with Crippen molar-refractivity contribution in [2.75, 3.05) is 6.54 Å². The summed E-state index contributed by atoms with van der Waals surface area (Å²) in [6.07, 6.45) is -0.714. The number of amides is 1. The van der Waals surface area contributed by atoms with Gasteiger partial charge in [0.1, 0.15) is 11.4 Å². The van der Waals surface area contributed by atoms with Crippen molar-refractivity contribution in [3.8, 4) is 0 Å². The van der Waals surface area contributed by atoms with Crippen LogP contribution in [0.1, 0.15) is 34.1 Å². The zero-order chi connectivity index (χ0) is 11.4. The molecule has 0 heterocycles. The molecule has 0 aromatic heterocycles. The minimum absolute atomic E-state index is 0.0375. The molecule has 0 unspecified atom stereocenters. The number of hydroxylamine groups is 2. The number of carbonyl (C=O) groups is 2. The summed E-state index contributed by atoms with van der Waals surface area (Å²) in [6.45, 7) is 6.45. The quantitative estimate of drug-likeness (QED) is 0.558. The van der Waals surface area contributed by atoms with Crippen LogP contribution in [-0.2, 0) is 9.53 Å². The Labute approximate surface area is 83.6 Å². The zero-order valence-corrected chi connectivity index (χ0v) is 9.03. The van der Waals surface area contributed by atoms with Crippen LogP contribution in [0, 0.1) is 0 Å². The molecule has 0 aromatic carbocycles. The fourth-order valence-corrected chi connectivity index (χ4v) is 0.669. The molecule has 0 rings (SSSR count). The Kier molecular flexibility index (Phi) is 4.56. The first-order chi connectivity index (χ1) is 6.22. The molecule has 0 bridgehead atoms. The van der Waals surface area contributed by atoms with Crippen molar-refractivity contribution in [3.63, 3.8) is 0 Å². The van der Waals surface area contributed by atoms with Crippen LogP contribution in [0.15, 0.2) is 0 Å². The van der Waals surface area contributed by atoms with E-state index in [0.717, 1.165) is 0 Å². The van der Waals surface area contributed by atoms with Gasteiger partial charge in [0.25, 0.3) is 0 Å². The fraction of sp³-hybridized carbons (Fsp3) is 0.778. The maximum Gasteiger partial charge on any atom is 0.434 e. The lowest BCUT2D eigenvalue weighted by Gasteiger charge is -2.22. The Balaban J connectivity index is 3.94. The average Bonchev–Trinajstić information content (AvgIpc) is 1.96. The Bertz CT molecular complexity index is 219. The number of carbonyl (C=O) groups excluding carboxylic acids is 2. The van der Waals surface area contributed by atoms with Crippen LogP contribution in [0.25, 0.3) is 0 Å². The first-order valence-electron chi connectivity index (χ1n) is 4.41. The molecule has 0 spiro atoms. The summed E-state index contributed by atoms with van der Waals surface area (Å²) in [6, 6.07) is 0. The number of Topliss-reactive ketones (excluding diaryl/α,β-unsaturated/α-hetero) is 1. The Hall–Kier alpha value is -1.10. The van der Waals surface area contributed by atoms with Gasteiger partial charge in [-0.3, -0.25) is 10.0 Å². The van der Waals surface area contributed by atoms with Crippen molar-refractivity contribution < 1.29 is 19.5 Å². The minimum Gasteiger partial charge on any atom is -0.442 e. The van der Waals surface area contributed by atoms with Gasteiger partial charge in [-0.15, -0.1) is 0 Å². The molecule has 0 aliphatic rings. The van der Waals surface area contributed by atoms with Crippen LogP contribution >= 0.6 is 0 Å². The van der Waals surface area contributed by atoms with Crippen molar-refractivity contribution in [1.82, 2.24) is 5.06 Å². The number of ether oxygens (including phenoxy) is 1. The molecule has 0 atom stereocenters. The summed E-state index contributed by atoms with van der Waals surface area (Å²) in [5.41, 5.74) is -0.645. The molecule has 1 N–H and O–H groups in total. The summed E-state index contributed by atoms with van der Waals surface area (Å²) in [5, 5.41) is 9.55. The summed E-state index contributed by atoms with van der Waals surface area (Å²) in [5.74, 6) is -0.0902. The number of nitrogens with zero attached hydrogens (tertiary/aromatic N) is 1. The van der Waals surface area contributed by atoms with Gasteiger partial charge >= 0.3 is 6.09 Å². The van der Waals surface area contributed by atoms with Gasteiger partial charge < -0.3 is 4.74 Å². The molecule has 1 amide bonds. The van der Waals surface area contributed by atoms with E-state index < -0.39 is 11.7 Å². The summed E-state index contributed by atoms with van der Waals surface area (Å²) >= 11 is 0. The minimum atomic E-state index is -0.834. The van der Waals surface area contributed by atoms with Gasteiger partial charge in [-0.25, -0.2) is 4.79 Å². The molecule has 0 saturated carbocycles. The highest BCUT2D eigenvalue weighted by Crippen LogP contribution is 2.08. The molecule has 0 radical (unpaired) electrons. The average molecular weight is 203 g/mol. The third-order valence-electron chi connectivity index (χ3n) is 1.28. The number of hydrogen-bond donors (Lipinski definition) is 1. The maximum atomic E-state index is 11.1. The van der Waals surface area contributed by atoms with Crippen LogP contribution in [0.4, 0.5) is 4.79 Å². The van der Waals surface area contributed by atoms with Crippen molar-refractivity contribution >= 4 is 11.9 Å². The van der Waals surface area contributed by atoms with E-state index in [4.69, 9.17) is 9.94 Å². The topological polar surface area (TPSA) is 66.8 Å². The van der Waals surface area contributed by atoms with E-state index in [2.05, 4.69) is 0 Å². The van der Waals surface area contributed by atoms with E-state index in [1.165, 1.54) is 6.92 Å². The second kappa shape index (κ2) is 4.95. The SMILES string of the molecule is CC(=O)CCN(O)C(=O)OC(C)(C)C. The second-order valence-corrected chi connectivity index (χ2v) is 4.06. The molecule has 0 fully saturated rings. The summed E-state index contributed by atoms with van der Waals surface area (Å²) in [4.78, 5) is 21.7. The molecule has 0 aromatic rings. The monoisotopic (exact) mass is 203 g/mol. The Morgan fingerprint density at radius 3 is 2.21 bits per heavy atom. The first-order valence-corrected chi connectivity index (χ1v) is 4.41. The van der Waals surface area contributed by atoms with E-state index in [1.54, 1.807) is 20.8 Å². The predicted octanol–water partition coefficient (Wildman–Crippen LogP) is 1.59. The van der Waals surface area contributed by atoms with Crippen molar-refractivity contribution in [1.29, 1.82) is 0 Å². The molecule has 0 aliphatic heterocycles. The molecular weight excluding hydrogens is 186 g/mol. The number of ketones is 1. The van der Waals surface area contributed by atoms with Crippen molar-refractivity contribution in [3.05, 3.63) is 0 Å². The van der Waals surface area contributed by atoms with Gasteiger partial charge in [-0.2, -0.15) is 5.06 Å².